The van der Waals surface area contributed by atoms with Crippen LogP contribution in [0.3, 0.4) is 0 Å². The first-order valence-electron chi connectivity index (χ1n) is 3.28. The van der Waals surface area contributed by atoms with E-state index in [-0.39, 0.29) is 0 Å². The van der Waals surface area contributed by atoms with Gasteiger partial charge in [0.2, 0.25) is 0 Å². The average molecular weight is 254 g/mol. The van der Waals surface area contributed by atoms with E-state index in [9.17, 15) is 0 Å². The third-order valence-electron chi connectivity index (χ3n) is 1.51. The van der Waals surface area contributed by atoms with Crippen molar-refractivity contribution in [1.82, 2.24) is 4.98 Å². The van der Waals surface area contributed by atoms with Gasteiger partial charge >= 0.3 is 0 Å². The molecular formula is C9H5IN. The third-order valence-corrected chi connectivity index (χ3v) is 2.34. The Labute approximate surface area is 78.6 Å². The molecule has 0 spiro atoms. The number of halogens is 1. The summed E-state index contributed by atoms with van der Waals surface area (Å²) in [6.07, 6.45) is 1.81. The second kappa shape index (κ2) is 2.77. The maximum absolute atomic E-state index is 4.25. The van der Waals surface area contributed by atoms with E-state index in [4.69, 9.17) is 0 Å². The molecule has 0 N–H and O–H groups in total. The number of rotatable bonds is 0. The first-order chi connectivity index (χ1) is 5.38. The van der Waals surface area contributed by atoms with Gasteiger partial charge in [0.15, 0.2) is 0 Å². The van der Waals surface area contributed by atoms with E-state index in [0.717, 1.165) is 14.5 Å². The van der Waals surface area contributed by atoms with Gasteiger partial charge < -0.3 is 0 Å². The summed E-state index contributed by atoms with van der Waals surface area (Å²) in [5, 5.41) is 1.15. The number of benzene rings is 1. The fourth-order valence-corrected chi connectivity index (χ4v) is 1.64. The molecule has 0 fully saturated rings. The summed E-state index contributed by atoms with van der Waals surface area (Å²) >= 11 is 2.26. The van der Waals surface area contributed by atoms with Crippen molar-refractivity contribution in [1.29, 1.82) is 0 Å². The Hall–Kier alpha value is -0.640. The Balaban J connectivity index is 2.91. The van der Waals surface area contributed by atoms with Gasteiger partial charge in [0.05, 0.1) is 5.52 Å². The van der Waals surface area contributed by atoms with Gasteiger partial charge in [0, 0.05) is 15.2 Å². The Morgan fingerprint density at radius 3 is 3.09 bits per heavy atom. The van der Waals surface area contributed by atoms with Crippen LogP contribution in [0.4, 0.5) is 0 Å². The van der Waals surface area contributed by atoms with Gasteiger partial charge in [-0.2, -0.15) is 0 Å². The molecule has 1 nitrogen and oxygen atoms in total. The highest BCUT2D eigenvalue weighted by molar-refractivity contribution is 14.1. The summed E-state index contributed by atoms with van der Waals surface area (Å²) in [6.45, 7) is 0. The monoisotopic (exact) mass is 254 g/mol. The van der Waals surface area contributed by atoms with Crippen LogP contribution < -0.4 is 0 Å². The molecule has 53 valence electrons. The predicted molar refractivity (Wildman–Crippen MR) is 53.3 cm³/mol. The number of hydrogen-bond donors (Lipinski definition) is 0. The molecule has 1 radical (unpaired) electrons. The van der Waals surface area contributed by atoms with E-state index in [1.54, 1.807) is 0 Å². The molecule has 0 aliphatic carbocycles. The maximum atomic E-state index is 4.25. The molecule has 0 saturated heterocycles. The molecule has 2 heteroatoms. The van der Waals surface area contributed by atoms with E-state index >= 15 is 0 Å². The first kappa shape index (κ1) is 7.03. The Morgan fingerprint density at radius 1 is 1.36 bits per heavy atom. The van der Waals surface area contributed by atoms with E-state index in [0.29, 0.717) is 0 Å². The number of fused-ring (bicyclic) bond motifs is 1. The number of pyridine rings is 1. The number of aromatic nitrogens is 1. The Bertz CT molecular complexity index is 379. The lowest BCUT2D eigenvalue weighted by Gasteiger charge is -1.96. The fourth-order valence-electron chi connectivity index (χ4n) is 1.01. The minimum absolute atomic E-state index is 1.06. The van der Waals surface area contributed by atoms with Crippen LogP contribution in [0.1, 0.15) is 0 Å². The summed E-state index contributed by atoms with van der Waals surface area (Å²) in [6, 6.07) is 10.9. The van der Waals surface area contributed by atoms with E-state index in [2.05, 4.69) is 33.6 Å². The van der Waals surface area contributed by atoms with Crippen molar-refractivity contribution < 1.29 is 0 Å². The molecule has 2 aromatic rings. The number of nitrogens with zero attached hydrogens (tertiary/aromatic N) is 1. The van der Waals surface area contributed by atoms with Crippen LogP contribution in [0.15, 0.2) is 30.5 Å². The SMILES string of the molecule is Ic1c[c]cc2cccnc12. The molecule has 1 aromatic carbocycles. The zero-order valence-electron chi connectivity index (χ0n) is 5.71. The van der Waals surface area contributed by atoms with Crippen molar-refractivity contribution >= 4 is 33.5 Å². The standard InChI is InChI=1S/C9H5IN/c10-8-5-1-3-7-4-2-6-11-9(7)8/h2-6H. The third kappa shape index (κ3) is 1.22. The van der Waals surface area contributed by atoms with Gasteiger partial charge in [0.1, 0.15) is 0 Å². The summed E-state index contributed by atoms with van der Waals surface area (Å²) in [4.78, 5) is 4.25. The molecule has 11 heavy (non-hydrogen) atoms. The van der Waals surface area contributed by atoms with Crippen LogP contribution in [0.5, 0.6) is 0 Å². The van der Waals surface area contributed by atoms with E-state index < -0.39 is 0 Å². The summed E-state index contributed by atoms with van der Waals surface area (Å²) in [7, 11) is 0. The zero-order valence-corrected chi connectivity index (χ0v) is 7.87. The number of hydrogen-bond acceptors (Lipinski definition) is 1. The first-order valence-corrected chi connectivity index (χ1v) is 4.36. The molecule has 0 aliphatic heterocycles. The van der Waals surface area contributed by atoms with Crippen molar-refractivity contribution in [2.45, 2.75) is 0 Å². The van der Waals surface area contributed by atoms with Gasteiger partial charge in [-0.1, -0.05) is 6.07 Å². The fraction of sp³-hybridized carbons (Fsp3) is 0. The van der Waals surface area contributed by atoms with Crippen LogP contribution in [0.2, 0.25) is 0 Å². The zero-order chi connectivity index (χ0) is 7.68. The molecule has 0 atom stereocenters. The minimum atomic E-state index is 1.06. The largest absolute Gasteiger partial charge is 0.255 e. The van der Waals surface area contributed by atoms with Crippen LogP contribution in [0, 0.1) is 9.64 Å². The Kier molecular flexibility index (Phi) is 1.77. The summed E-state index contributed by atoms with van der Waals surface area (Å²) in [5.74, 6) is 0. The minimum Gasteiger partial charge on any atom is -0.255 e. The Morgan fingerprint density at radius 2 is 2.27 bits per heavy atom. The molecule has 2 rings (SSSR count). The van der Waals surface area contributed by atoms with Crippen molar-refractivity contribution in [2.24, 2.45) is 0 Å². The molecule has 0 bridgehead atoms. The predicted octanol–water partition coefficient (Wildman–Crippen LogP) is 2.64. The van der Waals surface area contributed by atoms with Crippen LogP contribution in [-0.2, 0) is 0 Å². The molecule has 0 unspecified atom stereocenters. The smallest absolute Gasteiger partial charge is 0.0835 e. The van der Waals surface area contributed by atoms with Gasteiger partial charge in [0.25, 0.3) is 0 Å². The lowest BCUT2D eigenvalue weighted by atomic mass is 10.2. The highest BCUT2D eigenvalue weighted by Crippen LogP contribution is 2.16. The van der Waals surface area contributed by atoms with Gasteiger partial charge in [-0.05, 0) is 46.9 Å². The van der Waals surface area contributed by atoms with Crippen molar-refractivity contribution in [3.63, 3.8) is 0 Å². The van der Waals surface area contributed by atoms with Crippen LogP contribution >= 0.6 is 22.6 Å². The van der Waals surface area contributed by atoms with Crippen molar-refractivity contribution in [2.75, 3.05) is 0 Å². The molecule has 0 amide bonds. The quantitative estimate of drug-likeness (QED) is 0.658. The van der Waals surface area contributed by atoms with Crippen molar-refractivity contribution in [3.8, 4) is 0 Å². The van der Waals surface area contributed by atoms with Crippen LogP contribution in [0.25, 0.3) is 10.9 Å². The van der Waals surface area contributed by atoms with Gasteiger partial charge in [-0.3, -0.25) is 4.98 Å². The summed E-state index contributed by atoms with van der Waals surface area (Å²) in [5.41, 5.74) is 1.06. The van der Waals surface area contributed by atoms with Gasteiger partial charge in [-0.15, -0.1) is 0 Å². The van der Waals surface area contributed by atoms with Gasteiger partial charge in [-0.25, -0.2) is 0 Å². The second-order valence-electron chi connectivity index (χ2n) is 2.24. The molecule has 1 aromatic heterocycles. The normalized spacial score (nSPS) is 10.3. The second-order valence-corrected chi connectivity index (χ2v) is 3.41. The van der Waals surface area contributed by atoms with E-state index in [1.807, 2.05) is 30.5 Å². The van der Waals surface area contributed by atoms with Crippen molar-refractivity contribution in [3.05, 3.63) is 40.1 Å². The average Bonchev–Trinajstić information content (AvgIpc) is 2.06. The van der Waals surface area contributed by atoms with E-state index in [1.165, 1.54) is 0 Å². The summed E-state index contributed by atoms with van der Waals surface area (Å²) < 4.78 is 1.15. The maximum Gasteiger partial charge on any atom is 0.0835 e. The molecule has 0 aliphatic rings. The molecule has 0 saturated carbocycles. The highest BCUT2D eigenvalue weighted by Gasteiger charge is 1.95. The highest BCUT2D eigenvalue weighted by atomic mass is 127. The topological polar surface area (TPSA) is 12.9 Å². The lowest BCUT2D eigenvalue weighted by Crippen LogP contribution is -1.80. The molecule has 1 heterocycles. The van der Waals surface area contributed by atoms with Crippen LogP contribution in [-0.4, -0.2) is 4.98 Å². The lowest BCUT2D eigenvalue weighted by molar-refractivity contribution is 1.40. The molecular weight excluding hydrogens is 249 g/mol.